The maximum Gasteiger partial charge on any atom is 0.415 e. The lowest BCUT2D eigenvalue weighted by atomic mass is 9.91. The van der Waals surface area contributed by atoms with Crippen molar-refractivity contribution >= 4 is 27.7 Å². The van der Waals surface area contributed by atoms with Gasteiger partial charge >= 0.3 is 6.09 Å². The van der Waals surface area contributed by atoms with Crippen LogP contribution in [-0.4, -0.2) is 13.2 Å². The molecular formula is C24H21BrFNO3. The number of methoxy groups -OCH3 is 1. The molecule has 4 rings (SSSR count). The molecule has 0 bridgehead atoms. The molecule has 6 heteroatoms. The summed E-state index contributed by atoms with van der Waals surface area (Å²) in [5, 5.41) is 0. The van der Waals surface area contributed by atoms with Crippen LogP contribution in [-0.2, 0) is 17.8 Å². The maximum atomic E-state index is 14.7. The zero-order valence-electron chi connectivity index (χ0n) is 16.5. The number of anilines is 1. The van der Waals surface area contributed by atoms with Crippen molar-refractivity contribution in [3.05, 3.63) is 93.7 Å². The van der Waals surface area contributed by atoms with Crippen molar-refractivity contribution in [3.8, 4) is 5.75 Å². The molecule has 0 spiro atoms. The van der Waals surface area contributed by atoms with Crippen LogP contribution in [0.2, 0.25) is 0 Å². The van der Waals surface area contributed by atoms with Crippen LogP contribution < -0.4 is 9.64 Å². The molecule has 0 aromatic heterocycles. The highest BCUT2D eigenvalue weighted by Crippen LogP contribution is 2.43. The third-order valence-electron chi connectivity index (χ3n) is 5.28. The van der Waals surface area contributed by atoms with Crippen molar-refractivity contribution < 1.29 is 18.7 Å². The van der Waals surface area contributed by atoms with Crippen molar-refractivity contribution in [1.82, 2.24) is 0 Å². The van der Waals surface area contributed by atoms with Crippen molar-refractivity contribution in [1.29, 1.82) is 0 Å². The smallest absolute Gasteiger partial charge is 0.415 e. The second-order valence-corrected chi connectivity index (χ2v) is 8.01. The van der Waals surface area contributed by atoms with Gasteiger partial charge in [-0.3, -0.25) is 4.90 Å². The van der Waals surface area contributed by atoms with Gasteiger partial charge in [0.05, 0.1) is 18.8 Å². The molecule has 0 fully saturated rings. The summed E-state index contributed by atoms with van der Waals surface area (Å²) in [6.45, 7) is 0.140. The standard InChI is InChI=1S/C24H21BrFNO3/c1-29-23-10-6-5-9-19(23)21-12-11-18-20(26)13-17(25)14-22(18)27(21)24(28)30-15-16-7-3-2-4-8-16/h2-10,13-14,21H,11-12,15H2,1H3. The van der Waals surface area contributed by atoms with Crippen molar-refractivity contribution in [3.63, 3.8) is 0 Å². The number of carbonyl (C=O) groups excluding carboxylic acids is 1. The highest BCUT2D eigenvalue weighted by molar-refractivity contribution is 9.10. The van der Waals surface area contributed by atoms with Gasteiger partial charge in [0, 0.05) is 15.6 Å². The fraction of sp³-hybridized carbons (Fsp3) is 0.208. The first-order valence-electron chi connectivity index (χ1n) is 9.69. The van der Waals surface area contributed by atoms with Crippen LogP contribution >= 0.6 is 15.9 Å². The summed E-state index contributed by atoms with van der Waals surface area (Å²) in [4.78, 5) is 14.8. The SMILES string of the molecule is COc1ccccc1C1CCc2c(F)cc(Br)cc2N1C(=O)OCc1ccccc1. The molecule has 1 amide bonds. The molecule has 30 heavy (non-hydrogen) atoms. The first-order chi connectivity index (χ1) is 14.6. The highest BCUT2D eigenvalue weighted by Gasteiger charge is 2.36. The summed E-state index contributed by atoms with van der Waals surface area (Å²) in [7, 11) is 1.60. The molecule has 0 saturated heterocycles. The maximum absolute atomic E-state index is 14.7. The van der Waals surface area contributed by atoms with Crippen LogP contribution in [0.1, 0.15) is 29.2 Å². The fourth-order valence-electron chi connectivity index (χ4n) is 3.88. The Balaban J connectivity index is 1.73. The Morgan fingerprint density at radius 1 is 1.13 bits per heavy atom. The van der Waals surface area contributed by atoms with Gasteiger partial charge in [0.2, 0.25) is 0 Å². The van der Waals surface area contributed by atoms with Gasteiger partial charge in [-0.25, -0.2) is 9.18 Å². The highest BCUT2D eigenvalue weighted by atomic mass is 79.9. The molecule has 0 N–H and O–H groups in total. The molecule has 0 aliphatic carbocycles. The summed E-state index contributed by atoms with van der Waals surface area (Å²) in [6, 6.07) is 19.9. The van der Waals surface area contributed by atoms with Gasteiger partial charge in [-0.1, -0.05) is 64.5 Å². The Labute approximate surface area is 183 Å². The predicted octanol–water partition coefficient (Wildman–Crippen LogP) is 6.43. The second-order valence-electron chi connectivity index (χ2n) is 7.09. The van der Waals surface area contributed by atoms with Crippen molar-refractivity contribution in [2.45, 2.75) is 25.5 Å². The Bertz CT molecular complexity index is 1060. The molecule has 0 saturated carbocycles. The van der Waals surface area contributed by atoms with Crippen molar-refractivity contribution in [2.75, 3.05) is 12.0 Å². The van der Waals surface area contributed by atoms with Crippen LogP contribution in [0.5, 0.6) is 5.75 Å². The number of nitrogens with zero attached hydrogens (tertiary/aromatic N) is 1. The number of ether oxygens (including phenoxy) is 2. The van der Waals surface area contributed by atoms with Gasteiger partial charge in [-0.2, -0.15) is 0 Å². The minimum atomic E-state index is -0.520. The number of rotatable bonds is 4. The normalized spacial score (nSPS) is 15.4. The van der Waals surface area contributed by atoms with Crippen LogP contribution in [0.4, 0.5) is 14.9 Å². The Morgan fingerprint density at radius 2 is 1.87 bits per heavy atom. The van der Waals surface area contributed by atoms with E-state index < -0.39 is 6.09 Å². The van der Waals surface area contributed by atoms with Gasteiger partial charge in [0.15, 0.2) is 0 Å². The zero-order valence-corrected chi connectivity index (χ0v) is 18.1. The van der Waals surface area contributed by atoms with Gasteiger partial charge in [0.25, 0.3) is 0 Å². The Kier molecular flexibility index (Phi) is 6.04. The van der Waals surface area contributed by atoms with E-state index in [0.29, 0.717) is 34.3 Å². The molecule has 1 aliphatic rings. The quantitative estimate of drug-likeness (QED) is 0.441. The third kappa shape index (κ3) is 4.05. The van der Waals surface area contributed by atoms with Gasteiger partial charge in [-0.05, 0) is 36.6 Å². The number of amides is 1. The first-order valence-corrected chi connectivity index (χ1v) is 10.5. The number of benzene rings is 3. The summed E-state index contributed by atoms with van der Waals surface area (Å²) in [5.41, 5.74) is 2.78. The molecule has 1 unspecified atom stereocenters. The molecule has 4 nitrogen and oxygen atoms in total. The molecule has 1 heterocycles. The third-order valence-corrected chi connectivity index (χ3v) is 5.73. The number of hydrogen-bond donors (Lipinski definition) is 0. The van der Waals surface area contributed by atoms with Crippen LogP contribution in [0.15, 0.2) is 71.2 Å². The van der Waals surface area contributed by atoms with E-state index in [1.807, 2.05) is 54.6 Å². The number of carbonyl (C=O) groups is 1. The van der Waals surface area contributed by atoms with Crippen molar-refractivity contribution in [2.24, 2.45) is 0 Å². The summed E-state index contributed by atoms with van der Waals surface area (Å²) in [6.07, 6.45) is 0.555. The van der Waals surface area contributed by atoms with Gasteiger partial charge in [0.1, 0.15) is 18.2 Å². The summed E-state index contributed by atoms with van der Waals surface area (Å²) < 4.78 is 26.4. The van der Waals surface area contributed by atoms with E-state index in [2.05, 4.69) is 15.9 Å². The monoisotopic (exact) mass is 469 g/mol. The Hall–Kier alpha value is -2.86. The van der Waals surface area contributed by atoms with E-state index in [4.69, 9.17) is 9.47 Å². The lowest BCUT2D eigenvalue weighted by Crippen LogP contribution is -2.39. The van der Waals surface area contributed by atoms with E-state index >= 15 is 0 Å². The van der Waals surface area contributed by atoms with Crippen LogP contribution in [0.3, 0.4) is 0 Å². The molecule has 3 aromatic rings. The average Bonchev–Trinajstić information content (AvgIpc) is 2.77. The van der Waals surface area contributed by atoms with E-state index in [1.54, 1.807) is 18.1 Å². The van der Waals surface area contributed by atoms with Crippen LogP contribution in [0, 0.1) is 5.82 Å². The van der Waals surface area contributed by atoms with Gasteiger partial charge in [-0.15, -0.1) is 0 Å². The molecule has 154 valence electrons. The Morgan fingerprint density at radius 3 is 2.63 bits per heavy atom. The molecule has 1 aliphatic heterocycles. The first kappa shape index (κ1) is 20.4. The molecule has 1 atom stereocenters. The molecule has 0 radical (unpaired) electrons. The van der Waals surface area contributed by atoms with E-state index in [-0.39, 0.29) is 18.5 Å². The second kappa shape index (κ2) is 8.88. The number of halogens is 2. The summed E-state index contributed by atoms with van der Waals surface area (Å²) in [5.74, 6) is 0.348. The molecular weight excluding hydrogens is 449 g/mol. The average molecular weight is 470 g/mol. The zero-order chi connectivity index (χ0) is 21.1. The fourth-order valence-corrected chi connectivity index (χ4v) is 4.30. The minimum Gasteiger partial charge on any atom is -0.496 e. The van der Waals surface area contributed by atoms with E-state index in [1.165, 1.54) is 6.07 Å². The van der Waals surface area contributed by atoms with E-state index in [0.717, 1.165) is 11.1 Å². The predicted molar refractivity (Wildman–Crippen MR) is 117 cm³/mol. The lowest BCUT2D eigenvalue weighted by Gasteiger charge is -2.37. The number of hydrogen-bond acceptors (Lipinski definition) is 3. The topological polar surface area (TPSA) is 38.8 Å². The van der Waals surface area contributed by atoms with E-state index in [9.17, 15) is 9.18 Å². The lowest BCUT2D eigenvalue weighted by molar-refractivity contribution is 0.143. The summed E-state index contributed by atoms with van der Waals surface area (Å²) >= 11 is 3.35. The van der Waals surface area contributed by atoms with Crippen LogP contribution in [0.25, 0.3) is 0 Å². The molecule has 3 aromatic carbocycles. The number of para-hydroxylation sites is 1. The van der Waals surface area contributed by atoms with Gasteiger partial charge < -0.3 is 9.47 Å². The minimum absolute atomic E-state index is 0.140. The number of fused-ring (bicyclic) bond motifs is 1. The largest absolute Gasteiger partial charge is 0.496 e.